The van der Waals surface area contributed by atoms with Gasteiger partial charge < -0.3 is 0 Å². The van der Waals surface area contributed by atoms with Crippen LogP contribution in [-0.2, 0) is 24.1 Å². The van der Waals surface area contributed by atoms with E-state index in [2.05, 4.69) is 6.92 Å². The van der Waals surface area contributed by atoms with Gasteiger partial charge in [-0.15, -0.1) is 0 Å². The van der Waals surface area contributed by atoms with E-state index in [9.17, 15) is 13.2 Å². The standard InChI is InChI=1S/C17H23N3O3S/c1-4-5-7-13-8-6-11-20(13)24(22,23)14-9-10-15-16(12-14)19(3)17(21)18(15)2/h6,8-10,12-13H,4-5,7,11H2,1-3H3. The van der Waals surface area contributed by atoms with Crippen molar-refractivity contribution in [1.82, 2.24) is 13.4 Å². The van der Waals surface area contributed by atoms with Crippen LogP contribution >= 0.6 is 0 Å². The Bertz CT molecular complexity index is 953. The molecule has 7 heteroatoms. The van der Waals surface area contributed by atoms with Crippen molar-refractivity contribution in [1.29, 1.82) is 0 Å². The number of nitrogens with zero attached hydrogens (tertiary/aromatic N) is 3. The highest BCUT2D eigenvalue weighted by Crippen LogP contribution is 2.27. The van der Waals surface area contributed by atoms with Crippen molar-refractivity contribution < 1.29 is 8.42 Å². The van der Waals surface area contributed by atoms with Gasteiger partial charge in [0.15, 0.2) is 0 Å². The molecular formula is C17H23N3O3S. The molecule has 1 atom stereocenters. The average Bonchev–Trinajstić information content (AvgIpc) is 3.13. The maximum Gasteiger partial charge on any atom is 0.328 e. The molecule has 1 aliphatic rings. The number of unbranched alkanes of at least 4 members (excludes halogenated alkanes) is 1. The number of hydrogen-bond acceptors (Lipinski definition) is 3. The van der Waals surface area contributed by atoms with Gasteiger partial charge >= 0.3 is 5.69 Å². The van der Waals surface area contributed by atoms with Crippen LogP contribution in [0, 0.1) is 0 Å². The third kappa shape index (κ3) is 2.61. The van der Waals surface area contributed by atoms with Gasteiger partial charge in [-0.05, 0) is 24.6 Å². The van der Waals surface area contributed by atoms with Crippen LogP contribution in [0.2, 0.25) is 0 Å². The molecule has 0 bridgehead atoms. The van der Waals surface area contributed by atoms with Crippen molar-refractivity contribution in [3.05, 3.63) is 40.8 Å². The number of aryl methyl sites for hydroxylation is 2. The van der Waals surface area contributed by atoms with E-state index in [1.165, 1.54) is 9.13 Å². The fraction of sp³-hybridized carbons (Fsp3) is 0.471. The molecule has 2 heterocycles. The normalized spacial score (nSPS) is 18.7. The fourth-order valence-corrected chi connectivity index (χ4v) is 4.85. The van der Waals surface area contributed by atoms with Gasteiger partial charge in [0.25, 0.3) is 0 Å². The van der Waals surface area contributed by atoms with Gasteiger partial charge in [-0.3, -0.25) is 9.13 Å². The monoisotopic (exact) mass is 349 g/mol. The predicted octanol–water partition coefficient (Wildman–Crippen LogP) is 2.00. The Morgan fingerprint density at radius 2 is 1.88 bits per heavy atom. The summed E-state index contributed by atoms with van der Waals surface area (Å²) in [4.78, 5) is 12.3. The van der Waals surface area contributed by atoms with Crippen LogP contribution in [0.3, 0.4) is 0 Å². The molecule has 0 N–H and O–H groups in total. The van der Waals surface area contributed by atoms with E-state index in [0.717, 1.165) is 24.8 Å². The first-order valence-corrected chi connectivity index (χ1v) is 9.66. The number of rotatable bonds is 5. The van der Waals surface area contributed by atoms with E-state index < -0.39 is 10.0 Å². The maximum atomic E-state index is 13.0. The first-order chi connectivity index (χ1) is 11.4. The number of aromatic nitrogens is 2. The quantitative estimate of drug-likeness (QED) is 0.776. The lowest BCUT2D eigenvalue weighted by atomic mass is 10.1. The third-order valence-electron chi connectivity index (χ3n) is 4.72. The van der Waals surface area contributed by atoms with E-state index in [1.54, 1.807) is 36.6 Å². The Balaban J connectivity index is 2.02. The largest absolute Gasteiger partial charge is 0.328 e. The lowest BCUT2D eigenvalue weighted by Crippen LogP contribution is -2.36. The number of hydrogen-bond donors (Lipinski definition) is 0. The Labute approximate surface area is 142 Å². The van der Waals surface area contributed by atoms with Crippen LogP contribution in [0.25, 0.3) is 11.0 Å². The van der Waals surface area contributed by atoms with E-state index in [4.69, 9.17) is 0 Å². The molecule has 0 saturated carbocycles. The lowest BCUT2D eigenvalue weighted by molar-refractivity contribution is 0.387. The van der Waals surface area contributed by atoms with Crippen molar-refractivity contribution >= 4 is 21.1 Å². The Hall–Kier alpha value is -1.86. The molecule has 1 aromatic carbocycles. The molecule has 2 aromatic rings. The van der Waals surface area contributed by atoms with Crippen LogP contribution in [0.4, 0.5) is 0 Å². The molecule has 0 amide bonds. The molecule has 0 spiro atoms. The maximum absolute atomic E-state index is 13.0. The van der Waals surface area contributed by atoms with Crippen LogP contribution in [0.1, 0.15) is 26.2 Å². The van der Waals surface area contributed by atoms with Crippen LogP contribution in [0.5, 0.6) is 0 Å². The highest BCUT2D eigenvalue weighted by Gasteiger charge is 2.32. The first kappa shape index (κ1) is 17.0. The molecule has 3 rings (SSSR count). The Morgan fingerprint density at radius 1 is 1.17 bits per heavy atom. The molecule has 24 heavy (non-hydrogen) atoms. The second-order valence-corrected chi connectivity index (χ2v) is 8.15. The zero-order chi connectivity index (χ0) is 17.5. The third-order valence-corrected chi connectivity index (χ3v) is 6.60. The van der Waals surface area contributed by atoms with Gasteiger partial charge in [0, 0.05) is 26.7 Å². The zero-order valence-corrected chi connectivity index (χ0v) is 15.1. The Kier molecular flexibility index (Phi) is 4.40. The molecule has 0 saturated heterocycles. The summed E-state index contributed by atoms with van der Waals surface area (Å²) in [6, 6.07) is 4.81. The molecule has 0 aliphatic carbocycles. The molecule has 1 aliphatic heterocycles. The van der Waals surface area contributed by atoms with Gasteiger partial charge in [0.2, 0.25) is 10.0 Å². The molecule has 1 unspecified atom stereocenters. The van der Waals surface area contributed by atoms with Crippen LogP contribution < -0.4 is 5.69 Å². The smallest absolute Gasteiger partial charge is 0.295 e. The summed E-state index contributed by atoms with van der Waals surface area (Å²) in [5.74, 6) is 0. The number of fused-ring (bicyclic) bond motifs is 1. The van der Waals surface area contributed by atoms with Gasteiger partial charge in [-0.1, -0.05) is 31.9 Å². The van der Waals surface area contributed by atoms with E-state index >= 15 is 0 Å². The minimum Gasteiger partial charge on any atom is -0.295 e. The summed E-state index contributed by atoms with van der Waals surface area (Å²) in [6.45, 7) is 2.50. The number of sulfonamides is 1. The summed E-state index contributed by atoms with van der Waals surface area (Å²) in [5.41, 5.74) is 1.19. The first-order valence-electron chi connectivity index (χ1n) is 8.22. The van der Waals surface area contributed by atoms with Crippen LogP contribution in [-0.4, -0.2) is 34.4 Å². The molecule has 130 valence electrons. The van der Waals surface area contributed by atoms with Gasteiger partial charge in [0.1, 0.15) is 0 Å². The van der Waals surface area contributed by atoms with E-state index in [-0.39, 0.29) is 16.6 Å². The van der Waals surface area contributed by atoms with E-state index in [0.29, 0.717) is 12.1 Å². The molecule has 0 radical (unpaired) electrons. The summed E-state index contributed by atoms with van der Waals surface area (Å²) in [7, 11) is -0.244. The average molecular weight is 349 g/mol. The topological polar surface area (TPSA) is 64.3 Å². The van der Waals surface area contributed by atoms with Crippen molar-refractivity contribution in [2.75, 3.05) is 6.54 Å². The summed E-state index contributed by atoms with van der Waals surface area (Å²) in [6.07, 6.45) is 6.75. The summed E-state index contributed by atoms with van der Waals surface area (Å²) in [5, 5.41) is 0. The second kappa shape index (κ2) is 6.22. The minimum atomic E-state index is -3.58. The van der Waals surface area contributed by atoms with Crippen molar-refractivity contribution in [3.63, 3.8) is 0 Å². The fourth-order valence-electron chi connectivity index (χ4n) is 3.27. The lowest BCUT2D eigenvalue weighted by Gasteiger charge is -2.24. The predicted molar refractivity (Wildman–Crippen MR) is 94.5 cm³/mol. The highest BCUT2D eigenvalue weighted by atomic mass is 32.2. The Morgan fingerprint density at radius 3 is 2.58 bits per heavy atom. The zero-order valence-electron chi connectivity index (χ0n) is 14.3. The minimum absolute atomic E-state index is 0.0785. The van der Waals surface area contributed by atoms with Crippen molar-refractivity contribution in [2.24, 2.45) is 14.1 Å². The van der Waals surface area contributed by atoms with E-state index in [1.807, 2.05) is 12.2 Å². The number of imidazole rings is 1. The van der Waals surface area contributed by atoms with Crippen molar-refractivity contribution in [2.45, 2.75) is 37.1 Å². The second-order valence-electron chi connectivity index (χ2n) is 6.26. The SMILES string of the molecule is CCCCC1C=CCN1S(=O)(=O)c1ccc2c(c1)n(C)c(=O)n2C. The van der Waals surface area contributed by atoms with Gasteiger partial charge in [-0.2, -0.15) is 4.31 Å². The molecular weight excluding hydrogens is 326 g/mol. The molecule has 6 nitrogen and oxygen atoms in total. The molecule has 1 aromatic heterocycles. The molecule has 0 fully saturated rings. The van der Waals surface area contributed by atoms with Gasteiger partial charge in [0.05, 0.1) is 15.9 Å². The highest BCUT2D eigenvalue weighted by molar-refractivity contribution is 7.89. The van der Waals surface area contributed by atoms with Gasteiger partial charge in [-0.25, -0.2) is 13.2 Å². The number of benzene rings is 1. The van der Waals surface area contributed by atoms with Crippen LogP contribution in [0.15, 0.2) is 40.0 Å². The summed E-state index contributed by atoms with van der Waals surface area (Å²) >= 11 is 0. The summed E-state index contributed by atoms with van der Waals surface area (Å²) < 4.78 is 30.6. The van der Waals surface area contributed by atoms with Crippen molar-refractivity contribution in [3.8, 4) is 0 Å².